The highest BCUT2D eigenvalue weighted by Crippen LogP contribution is 2.36. The van der Waals surface area contributed by atoms with Gasteiger partial charge >= 0.3 is 0 Å². The van der Waals surface area contributed by atoms with Crippen LogP contribution in [-0.4, -0.2) is 0 Å². The monoisotopic (exact) mass is 184 g/mol. The van der Waals surface area contributed by atoms with Crippen LogP contribution in [0.2, 0.25) is 0 Å². The molecule has 0 bridgehead atoms. The molecule has 72 valence electrons. The number of halogens is 2. The van der Waals surface area contributed by atoms with Crippen molar-refractivity contribution in [2.75, 3.05) is 0 Å². The molecule has 0 atom stereocenters. The summed E-state index contributed by atoms with van der Waals surface area (Å²) in [6, 6.07) is 6.63. The van der Waals surface area contributed by atoms with Gasteiger partial charge in [-0.2, -0.15) is 0 Å². The van der Waals surface area contributed by atoms with Crippen molar-refractivity contribution in [3.63, 3.8) is 0 Å². The third kappa shape index (κ3) is 1.87. The van der Waals surface area contributed by atoms with E-state index in [1.54, 1.807) is 25.1 Å². The van der Waals surface area contributed by atoms with Gasteiger partial charge in [-0.05, 0) is 12.5 Å². The molecule has 0 aliphatic rings. The molecule has 1 aromatic carbocycles. The minimum atomic E-state index is -2.72. The lowest BCUT2D eigenvalue weighted by atomic mass is 9.94. The molecule has 0 unspecified atom stereocenters. The van der Waals surface area contributed by atoms with Crippen LogP contribution >= 0.6 is 0 Å². The molecule has 0 aliphatic carbocycles. The molecule has 0 fully saturated rings. The summed E-state index contributed by atoms with van der Waals surface area (Å²) in [6.07, 6.45) is 0. The van der Waals surface area contributed by atoms with Gasteiger partial charge in [0.2, 0.25) is 0 Å². The van der Waals surface area contributed by atoms with Crippen molar-refractivity contribution in [1.29, 1.82) is 0 Å². The van der Waals surface area contributed by atoms with E-state index < -0.39 is 11.8 Å². The quantitative estimate of drug-likeness (QED) is 0.656. The van der Waals surface area contributed by atoms with Gasteiger partial charge in [0.05, 0.1) is 0 Å². The molecule has 0 spiro atoms. The Kier molecular flexibility index (Phi) is 2.69. The molecule has 0 aromatic heterocycles. The third-order valence-electron chi connectivity index (χ3n) is 2.23. The van der Waals surface area contributed by atoms with Crippen molar-refractivity contribution in [1.82, 2.24) is 0 Å². The summed E-state index contributed by atoms with van der Waals surface area (Å²) in [5.41, 5.74) is 0.797. The summed E-state index contributed by atoms with van der Waals surface area (Å²) in [4.78, 5) is 0. The molecule has 2 heteroatoms. The molecule has 0 aliphatic heterocycles. The maximum absolute atomic E-state index is 13.5. The molecular formula is C11H14F2. The van der Waals surface area contributed by atoms with Gasteiger partial charge in [0.25, 0.3) is 5.92 Å². The molecule has 0 saturated carbocycles. The van der Waals surface area contributed by atoms with Crippen molar-refractivity contribution in [2.24, 2.45) is 5.92 Å². The van der Waals surface area contributed by atoms with Gasteiger partial charge in [-0.15, -0.1) is 0 Å². The Morgan fingerprint density at radius 2 is 1.69 bits per heavy atom. The van der Waals surface area contributed by atoms with Crippen LogP contribution in [0.5, 0.6) is 0 Å². The number of hydrogen-bond acceptors (Lipinski definition) is 0. The molecule has 0 N–H and O–H groups in total. The predicted octanol–water partition coefficient (Wildman–Crippen LogP) is 3.74. The molecule has 0 heterocycles. The zero-order valence-corrected chi connectivity index (χ0v) is 8.14. The summed E-state index contributed by atoms with van der Waals surface area (Å²) in [5.74, 6) is -3.38. The predicted molar refractivity (Wildman–Crippen MR) is 49.9 cm³/mol. The van der Waals surface area contributed by atoms with Crippen LogP contribution in [0.3, 0.4) is 0 Å². The first kappa shape index (κ1) is 10.2. The van der Waals surface area contributed by atoms with E-state index >= 15 is 0 Å². The van der Waals surface area contributed by atoms with Crippen molar-refractivity contribution in [3.8, 4) is 0 Å². The molecule has 0 amide bonds. The van der Waals surface area contributed by atoms with Crippen LogP contribution in [0.25, 0.3) is 0 Å². The van der Waals surface area contributed by atoms with E-state index in [2.05, 4.69) is 0 Å². The van der Waals surface area contributed by atoms with Gasteiger partial charge in [0, 0.05) is 11.5 Å². The van der Waals surface area contributed by atoms with E-state index in [1.807, 2.05) is 0 Å². The standard InChI is InChI=1S/C11H14F2/c1-8(2)11(12,13)10-7-5-4-6-9(10)3/h4-8H,1-3H3. The second kappa shape index (κ2) is 3.44. The number of hydrogen-bond donors (Lipinski definition) is 0. The van der Waals surface area contributed by atoms with Crippen LogP contribution in [0, 0.1) is 12.8 Å². The molecule has 0 saturated heterocycles. The van der Waals surface area contributed by atoms with E-state index in [0.717, 1.165) is 0 Å². The molecule has 0 nitrogen and oxygen atoms in total. The summed E-state index contributed by atoms with van der Waals surface area (Å²) < 4.78 is 27.1. The Balaban J connectivity index is 3.14. The largest absolute Gasteiger partial charge is 0.275 e. The SMILES string of the molecule is Cc1ccccc1C(F)(F)C(C)C. The van der Waals surface area contributed by atoms with Crippen LogP contribution < -0.4 is 0 Å². The Morgan fingerprint density at radius 3 is 2.15 bits per heavy atom. The minimum absolute atomic E-state index is 0.144. The van der Waals surface area contributed by atoms with Crippen LogP contribution in [0.15, 0.2) is 24.3 Å². The molecule has 13 heavy (non-hydrogen) atoms. The Labute approximate surface area is 77.6 Å². The van der Waals surface area contributed by atoms with Crippen molar-refractivity contribution < 1.29 is 8.78 Å². The molecule has 1 aromatic rings. The second-order valence-corrected chi connectivity index (χ2v) is 3.59. The topological polar surface area (TPSA) is 0 Å². The van der Waals surface area contributed by atoms with Gasteiger partial charge in [0.1, 0.15) is 0 Å². The fraction of sp³-hybridized carbons (Fsp3) is 0.455. The Hall–Kier alpha value is -0.920. The lowest BCUT2D eigenvalue weighted by Gasteiger charge is -2.22. The Bertz CT molecular complexity index is 290. The highest BCUT2D eigenvalue weighted by Gasteiger charge is 2.36. The summed E-state index contributed by atoms with van der Waals surface area (Å²) in [6.45, 7) is 4.78. The minimum Gasteiger partial charge on any atom is -0.201 e. The summed E-state index contributed by atoms with van der Waals surface area (Å²) in [5, 5.41) is 0. The number of rotatable bonds is 2. The van der Waals surface area contributed by atoms with Gasteiger partial charge in [0.15, 0.2) is 0 Å². The zero-order valence-electron chi connectivity index (χ0n) is 8.14. The molecule has 1 rings (SSSR count). The van der Waals surface area contributed by atoms with Crippen molar-refractivity contribution in [2.45, 2.75) is 26.7 Å². The fourth-order valence-electron chi connectivity index (χ4n) is 1.26. The van der Waals surface area contributed by atoms with Crippen LogP contribution in [0.4, 0.5) is 8.78 Å². The van der Waals surface area contributed by atoms with Gasteiger partial charge in [-0.25, -0.2) is 8.78 Å². The Morgan fingerprint density at radius 1 is 1.15 bits per heavy atom. The zero-order chi connectivity index (χ0) is 10.1. The average molecular weight is 184 g/mol. The van der Waals surface area contributed by atoms with Crippen LogP contribution in [-0.2, 0) is 5.92 Å². The van der Waals surface area contributed by atoms with E-state index in [0.29, 0.717) is 5.56 Å². The first-order valence-corrected chi connectivity index (χ1v) is 4.40. The smallest absolute Gasteiger partial charge is 0.201 e. The highest BCUT2D eigenvalue weighted by molar-refractivity contribution is 5.29. The maximum atomic E-state index is 13.5. The molecular weight excluding hydrogens is 170 g/mol. The van der Waals surface area contributed by atoms with Gasteiger partial charge in [-0.3, -0.25) is 0 Å². The third-order valence-corrected chi connectivity index (χ3v) is 2.23. The van der Waals surface area contributed by atoms with E-state index in [1.165, 1.54) is 19.9 Å². The number of benzene rings is 1. The number of aryl methyl sites for hydroxylation is 1. The maximum Gasteiger partial charge on any atom is 0.275 e. The van der Waals surface area contributed by atoms with E-state index in [-0.39, 0.29) is 5.56 Å². The fourth-order valence-corrected chi connectivity index (χ4v) is 1.26. The van der Waals surface area contributed by atoms with Crippen molar-refractivity contribution in [3.05, 3.63) is 35.4 Å². The lowest BCUT2D eigenvalue weighted by molar-refractivity contribution is -0.0519. The second-order valence-electron chi connectivity index (χ2n) is 3.59. The van der Waals surface area contributed by atoms with Crippen LogP contribution in [0.1, 0.15) is 25.0 Å². The first-order chi connectivity index (χ1) is 5.96. The first-order valence-electron chi connectivity index (χ1n) is 4.40. The van der Waals surface area contributed by atoms with Gasteiger partial charge in [-0.1, -0.05) is 38.1 Å². The normalized spacial score (nSPS) is 12.2. The highest BCUT2D eigenvalue weighted by atomic mass is 19.3. The van der Waals surface area contributed by atoms with E-state index in [9.17, 15) is 8.78 Å². The molecule has 0 radical (unpaired) electrons. The van der Waals surface area contributed by atoms with Gasteiger partial charge < -0.3 is 0 Å². The average Bonchev–Trinajstić information content (AvgIpc) is 2.04. The summed E-state index contributed by atoms with van der Waals surface area (Å²) >= 11 is 0. The lowest BCUT2D eigenvalue weighted by Crippen LogP contribution is -2.21. The summed E-state index contributed by atoms with van der Waals surface area (Å²) in [7, 11) is 0. The van der Waals surface area contributed by atoms with E-state index in [4.69, 9.17) is 0 Å². The van der Waals surface area contributed by atoms with Crippen molar-refractivity contribution >= 4 is 0 Å². The number of alkyl halides is 2.